The van der Waals surface area contributed by atoms with Crippen molar-refractivity contribution in [2.75, 3.05) is 6.54 Å². The van der Waals surface area contributed by atoms with Gasteiger partial charge in [0, 0.05) is 27.4 Å². The van der Waals surface area contributed by atoms with Gasteiger partial charge in [-0.2, -0.15) is 0 Å². The Morgan fingerprint density at radius 3 is 2.65 bits per heavy atom. The SMILES string of the molecule is CCNC(Cc1cncc(Br)c1)Cc1ccccc1Br. The standard InChI is InChI=1S/C16H18Br2N2/c1-2-20-15(8-12-7-14(17)11-19-10-12)9-13-5-3-4-6-16(13)18/h3-7,10-11,15,20H,2,8-9H2,1H3. The van der Waals surface area contributed by atoms with E-state index in [9.17, 15) is 0 Å². The minimum Gasteiger partial charge on any atom is -0.314 e. The van der Waals surface area contributed by atoms with Gasteiger partial charge < -0.3 is 5.32 Å². The molecule has 106 valence electrons. The van der Waals surface area contributed by atoms with Crippen LogP contribution < -0.4 is 5.32 Å². The van der Waals surface area contributed by atoms with Gasteiger partial charge >= 0.3 is 0 Å². The lowest BCUT2D eigenvalue weighted by Gasteiger charge is -2.19. The Labute approximate surface area is 137 Å². The van der Waals surface area contributed by atoms with Crippen LogP contribution in [0.15, 0.2) is 51.7 Å². The maximum Gasteiger partial charge on any atom is 0.0410 e. The van der Waals surface area contributed by atoms with E-state index < -0.39 is 0 Å². The van der Waals surface area contributed by atoms with Gasteiger partial charge in [0.2, 0.25) is 0 Å². The zero-order chi connectivity index (χ0) is 14.4. The second kappa shape index (κ2) is 7.91. The smallest absolute Gasteiger partial charge is 0.0410 e. The van der Waals surface area contributed by atoms with E-state index in [1.165, 1.54) is 15.6 Å². The molecule has 1 heterocycles. The summed E-state index contributed by atoms with van der Waals surface area (Å²) in [7, 11) is 0. The molecule has 0 bridgehead atoms. The van der Waals surface area contributed by atoms with Crippen LogP contribution in [-0.2, 0) is 12.8 Å². The van der Waals surface area contributed by atoms with Crippen LogP contribution in [0.2, 0.25) is 0 Å². The first kappa shape index (κ1) is 15.7. The zero-order valence-electron chi connectivity index (χ0n) is 11.4. The van der Waals surface area contributed by atoms with Crippen LogP contribution in [0.4, 0.5) is 0 Å². The molecular weight excluding hydrogens is 380 g/mol. The van der Waals surface area contributed by atoms with Crippen molar-refractivity contribution in [1.82, 2.24) is 10.3 Å². The fraction of sp³-hybridized carbons (Fsp3) is 0.312. The second-order valence-corrected chi connectivity index (χ2v) is 6.54. The van der Waals surface area contributed by atoms with E-state index >= 15 is 0 Å². The quantitative estimate of drug-likeness (QED) is 0.782. The molecular formula is C16H18Br2N2. The Bertz CT molecular complexity index is 558. The van der Waals surface area contributed by atoms with Gasteiger partial charge in [-0.3, -0.25) is 4.98 Å². The first-order valence-electron chi connectivity index (χ1n) is 6.75. The van der Waals surface area contributed by atoms with Gasteiger partial charge in [0.15, 0.2) is 0 Å². The molecule has 0 aliphatic rings. The molecule has 0 amide bonds. The highest BCUT2D eigenvalue weighted by atomic mass is 79.9. The molecule has 1 unspecified atom stereocenters. The number of pyridine rings is 1. The molecule has 0 aliphatic heterocycles. The summed E-state index contributed by atoms with van der Waals surface area (Å²) in [4.78, 5) is 4.24. The Kier molecular flexibility index (Phi) is 6.20. The predicted molar refractivity (Wildman–Crippen MR) is 91.0 cm³/mol. The summed E-state index contributed by atoms with van der Waals surface area (Å²) in [6.07, 6.45) is 5.73. The third-order valence-corrected chi connectivity index (χ3v) is 4.37. The molecule has 1 aromatic carbocycles. The normalized spacial score (nSPS) is 12.3. The molecule has 0 saturated heterocycles. The van der Waals surface area contributed by atoms with Crippen molar-refractivity contribution in [1.29, 1.82) is 0 Å². The third-order valence-electron chi connectivity index (χ3n) is 3.16. The van der Waals surface area contributed by atoms with E-state index in [2.05, 4.69) is 73.3 Å². The number of nitrogens with one attached hydrogen (secondary N) is 1. The summed E-state index contributed by atoms with van der Waals surface area (Å²) in [6, 6.07) is 11.0. The first-order chi connectivity index (χ1) is 9.69. The molecule has 1 aromatic heterocycles. The van der Waals surface area contributed by atoms with E-state index in [4.69, 9.17) is 0 Å². The van der Waals surface area contributed by atoms with Crippen LogP contribution in [0.3, 0.4) is 0 Å². The predicted octanol–water partition coefficient (Wildman–Crippen LogP) is 4.37. The molecule has 1 N–H and O–H groups in total. The van der Waals surface area contributed by atoms with Gasteiger partial charge in [-0.25, -0.2) is 0 Å². The number of likely N-dealkylation sites (N-methyl/N-ethyl adjacent to an activating group) is 1. The van der Waals surface area contributed by atoms with Crippen molar-refractivity contribution in [3.05, 3.63) is 62.8 Å². The first-order valence-corrected chi connectivity index (χ1v) is 8.34. The number of aromatic nitrogens is 1. The van der Waals surface area contributed by atoms with Crippen LogP contribution in [0.1, 0.15) is 18.1 Å². The highest BCUT2D eigenvalue weighted by Gasteiger charge is 2.11. The van der Waals surface area contributed by atoms with Crippen molar-refractivity contribution in [3.63, 3.8) is 0 Å². The number of hydrogen-bond acceptors (Lipinski definition) is 2. The minimum absolute atomic E-state index is 0.412. The molecule has 0 saturated carbocycles. The number of hydrogen-bond donors (Lipinski definition) is 1. The molecule has 20 heavy (non-hydrogen) atoms. The van der Waals surface area contributed by atoms with Gasteiger partial charge in [-0.05, 0) is 58.6 Å². The summed E-state index contributed by atoms with van der Waals surface area (Å²) >= 11 is 7.10. The summed E-state index contributed by atoms with van der Waals surface area (Å²) in [5.41, 5.74) is 2.58. The van der Waals surface area contributed by atoms with E-state index in [1.54, 1.807) is 0 Å². The van der Waals surface area contributed by atoms with Crippen molar-refractivity contribution in [3.8, 4) is 0 Å². The molecule has 0 fully saturated rings. The maximum absolute atomic E-state index is 4.24. The van der Waals surface area contributed by atoms with Crippen molar-refractivity contribution < 1.29 is 0 Å². The fourth-order valence-corrected chi connectivity index (χ4v) is 3.15. The molecule has 0 radical (unpaired) electrons. The van der Waals surface area contributed by atoms with Crippen LogP contribution in [0, 0.1) is 0 Å². The molecule has 0 aliphatic carbocycles. The number of benzene rings is 1. The lowest BCUT2D eigenvalue weighted by molar-refractivity contribution is 0.520. The largest absolute Gasteiger partial charge is 0.314 e. The average Bonchev–Trinajstić information content (AvgIpc) is 2.42. The lowest BCUT2D eigenvalue weighted by atomic mass is 10.00. The monoisotopic (exact) mass is 396 g/mol. The van der Waals surface area contributed by atoms with Crippen LogP contribution in [-0.4, -0.2) is 17.6 Å². The van der Waals surface area contributed by atoms with Crippen molar-refractivity contribution >= 4 is 31.9 Å². The molecule has 2 aromatic rings. The summed E-state index contributed by atoms with van der Waals surface area (Å²) in [5.74, 6) is 0. The van der Waals surface area contributed by atoms with Gasteiger partial charge in [0.1, 0.15) is 0 Å². The average molecular weight is 398 g/mol. The van der Waals surface area contributed by atoms with E-state index in [1.807, 2.05) is 18.5 Å². The summed E-state index contributed by atoms with van der Waals surface area (Å²) in [6.45, 7) is 3.11. The number of nitrogens with zero attached hydrogens (tertiary/aromatic N) is 1. The van der Waals surface area contributed by atoms with Crippen molar-refractivity contribution in [2.24, 2.45) is 0 Å². The molecule has 0 spiro atoms. The fourth-order valence-electron chi connectivity index (χ4n) is 2.29. The summed E-state index contributed by atoms with van der Waals surface area (Å²) in [5, 5.41) is 3.56. The van der Waals surface area contributed by atoms with Gasteiger partial charge in [-0.15, -0.1) is 0 Å². The van der Waals surface area contributed by atoms with Gasteiger partial charge in [0.25, 0.3) is 0 Å². The number of rotatable bonds is 6. The third kappa shape index (κ3) is 4.69. The van der Waals surface area contributed by atoms with Crippen LogP contribution >= 0.6 is 31.9 Å². The molecule has 2 nitrogen and oxygen atoms in total. The second-order valence-electron chi connectivity index (χ2n) is 4.77. The highest BCUT2D eigenvalue weighted by Crippen LogP contribution is 2.19. The number of halogens is 2. The van der Waals surface area contributed by atoms with E-state index in [0.29, 0.717) is 6.04 Å². The summed E-state index contributed by atoms with van der Waals surface area (Å²) < 4.78 is 2.21. The van der Waals surface area contributed by atoms with E-state index in [-0.39, 0.29) is 0 Å². The zero-order valence-corrected chi connectivity index (χ0v) is 14.6. The molecule has 1 atom stereocenters. The Morgan fingerprint density at radius 2 is 1.95 bits per heavy atom. The van der Waals surface area contributed by atoms with Gasteiger partial charge in [-0.1, -0.05) is 41.1 Å². The Hall–Kier alpha value is -0.710. The molecule has 4 heteroatoms. The van der Waals surface area contributed by atoms with Crippen LogP contribution in [0.5, 0.6) is 0 Å². The Balaban J connectivity index is 2.09. The maximum atomic E-state index is 4.24. The minimum atomic E-state index is 0.412. The Morgan fingerprint density at radius 1 is 1.15 bits per heavy atom. The molecule has 2 rings (SSSR count). The van der Waals surface area contributed by atoms with Gasteiger partial charge in [0.05, 0.1) is 0 Å². The van der Waals surface area contributed by atoms with Crippen molar-refractivity contribution in [2.45, 2.75) is 25.8 Å². The lowest BCUT2D eigenvalue weighted by Crippen LogP contribution is -2.33. The topological polar surface area (TPSA) is 24.9 Å². The highest BCUT2D eigenvalue weighted by molar-refractivity contribution is 9.10. The van der Waals surface area contributed by atoms with Crippen LogP contribution in [0.25, 0.3) is 0 Å². The van der Waals surface area contributed by atoms with E-state index in [0.717, 1.165) is 23.9 Å².